The van der Waals surface area contributed by atoms with Crippen LogP contribution in [0.5, 0.6) is 0 Å². The zero-order valence-electron chi connectivity index (χ0n) is 14.1. The summed E-state index contributed by atoms with van der Waals surface area (Å²) in [5.74, 6) is 0.182. The van der Waals surface area contributed by atoms with Crippen LogP contribution >= 0.6 is 11.6 Å². The van der Waals surface area contributed by atoms with Gasteiger partial charge in [-0.1, -0.05) is 29.8 Å². The first kappa shape index (κ1) is 17.4. The number of hydrogen-bond donors (Lipinski definition) is 1. The van der Waals surface area contributed by atoms with Gasteiger partial charge in [-0.15, -0.1) is 0 Å². The summed E-state index contributed by atoms with van der Waals surface area (Å²) in [6.07, 6.45) is 2.70. The number of anilines is 2. The molecular formula is C19H19ClN2O3S. The van der Waals surface area contributed by atoms with Crippen LogP contribution in [0.1, 0.15) is 24.0 Å². The Balaban J connectivity index is 1.51. The van der Waals surface area contributed by atoms with E-state index in [-0.39, 0.29) is 17.6 Å². The topological polar surface area (TPSA) is 66.5 Å². The summed E-state index contributed by atoms with van der Waals surface area (Å²) < 4.78 is 27.5. The predicted molar refractivity (Wildman–Crippen MR) is 103 cm³/mol. The van der Waals surface area contributed by atoms with E-state index in [4.69, 9.17) is 11.6 Å². The van der Waals surface area contributed by atoms with Gasteiger partial charge in [-0.05, 0) is 54.7 Å². The van der Waals surface area contributed by atoms with Gasteiger partial charge in [-0.25, -0.2) is 8.42 Å². The Morgan fingerprint density at radius 1 is 1.19 bits per heavy atom. The number of benzene rings is 2. The number of hydrogen-bond acceptors (Lipinski definition) is 3. The van der Waals surface area contributed by atoms with Gasteiger partial charge in [-0.3, -0.25) is 9.52 Å². The smallest absolute Gasteiger partial charge is 0.236 e. The van der Waals surface area contributed by atoms with E-state index in [0.717, 1.165) is 30.5 Å². The van der Waals surface area contributed by atoms with E-state index in [0.29, 0.717) is 22.8 Å². The first-order valence-corrected chi connectivity index (χ1v) is 10.6. The van der Waals surface area contributed by atoms with Crippen molar-refractivity contribution in [3.05, 3.63) is 58.6 Å². The number of nitrogens with zero attached hydrogens (tertiary/aromatic N) is 1. The second-order valence-corrected chi connectivity index (χ2v) is 8.94. The number of halogens is 1. The maximum absolute atomic E-state index is 12.5. The largest absolute Gasteiger partial charge is 0.312 e. The predicted octanol–water partition coefficient (Wildman–Crippen LogP) is 3.58. The molecule has 2 aliphatic rings. The van der Waals surface area contributed by atoms with Crippen molar-refractivity contribution < 1.29 is 13.2 Å². The molecule has 0 spiro atoms. The van der Waals surface area contributed by atoms with Gasteiger partial charge in [0.05, 0.1) is 5.75 Å². The van der Waals surface area contributed by atoms with E-state index < -0.39 is 10.0 Å². The van der Waals surface area contributed by atoms with Crippen molar-refractivity contribution in [2.45, 2.75) is 25.0 Å². The van der Waals surface area contributed by atoms with Crippen LogP contribution in [0, 0.1) is 5.92 Å². The Morgan fingerprint density at radius 3 is 2.69 bits per heavy atom. The van der Waals surface area contributed by atoms with Crippen LogP contribution in [-0.2, 0) is 27.0 Å². The molecule has 1 heterocycles. The molecule has 0 saturated heterocycles. The summed E-state index contributed by atoms with van der Waals surface area (Å²) >= 11 is 6.06. The summed E-state index contributed by atoms with van der Waals surface area (Å²) in [4.78, 5) is 14.1. The van der Waals surface area contributed by atoms with Gasteiger partial charge in [0.25, 0.3) is 0 Å². The molecule has 1 aliphatic heterocycles. The second-order valence-electron chi connectivity index (χ2n) is 6.81. The minimum atomic E-state index is -3.58. The second kappa shape index (κ2) is 6.59. The average Bonchev–Trinajstić information content (AvgIpc) is 3.36. The third-order valence-corrected chi connectivity index (χ3v) is 6.35. The lowest BCUT2D eigenvalue weighted by atomic mass is 10.1. The molecule has 5 nitrogen and oxygen atoms in total. The number of carbonyl (C=O) groups is 1. The number of sulfonamides is 1. The summed E-state index contributed by atoms with van der Waals surface area (Å²) in [7, 11) is -3.58. The number of fused-ring (bicyclic) bond motifs is 1. The van der Waals surface area contributed by atoms with E-state index in [1.54, 1.807) is 30.3 Å². The van der Waals surface area contributed by atoms with Gasteiger partial charge in [0.15, 0.2) is 0 Å². The molecule has 2 aromatic rings. The van der Waals surface area contributed by atoms with Gasteiger partial charge < -0.3 is 4.90 Å². The van der Waals surface area contributed by atoms with Crippen LogP contribution in [-0.4, -0.2) is 20.9 Å². The lowest BCUT2D eigenvalue weighted by molar-refractivity contribution is -0.119. The third kappa shape index (κ3) is 3.57. The van der Waals surface area contributed by atoms with E-state index >= 15 is 0 Å². The Hall–Kier alpha value is -2.05. The number of nitrogens with one attached hydrogen (secondary N) is 1. The lowest BCUT2D eigenvalue weighted by Gasteiger charge is -2.17. The monoisotopic (exact) mass is 390 g/mol. The zero-order chi connectivity index (χ0) is 18.3. The molecule has 0 aromatic heterocycles. The molecule has 2 aromatic carbocycles. The number of amides is 1. The van der Waals surface area contributed by atoms with Crippen molar-refractivity contribution in [2.75, 3.05) is 16.2 Å². The van der Waals surface area contributed by atoms with Crippen molar-refractivity contribution in [2.24, 2.45) is 5.92 Å². The van der Waals surface area contributed by atoms with Crippen molar-refractivity contribution >= 4 is 38.9 Å². The van der Waals surface area contributed by atoms with Gasteiger partial charge in [-0.2, -0.15) is 0 Å². The van der Waals surface area contributed by atoms with Gasteiger partial charge in [0, 0.05) is 28.9 Å². The molecule has 7 heteroatoms. The van der Waals surface area contributed by atoms with Gasteiger partial charge >= 0.3 is 0 Å². The van der Waals surface area contributed by atoms with Crippen molar-refractivity contribution in [1.29, 1.82) is 0 Å². The highest BCUT2D eigenvalue weighted by molar-refractivity contribution is 7.91. The lowest BCUT2D eigenvalue weighted by Crippen LogP contribution is -2.30. The Labute approximate surface area is 158 Å². The molecule has 1 N–H and O–H groups in total. The molecule has 0 radical (unpaired) electrons. The fourth-order valence-corrected chi connectivity index (χ4v) is 4.78. The molecule has 1 fully saturated rings. The van der Waals surface area contributed by atoms with Crippen LogP contribution in [0.25, 0.3) is 0 Å². The standard InChI is InChI=1S/C19H19ClN2O3S/c20-17-4-2-1-3-15(17)12-26(24,25)21-16-7-8-18-14(11-16)9-10-22(18)19(23)13-5-6-13/h1-4,7-8,11,13,21H,5-6,9-10,12H2. The van der Waals surface area contributed by atoms with E-state index in [1.807, 2.05) is 17.0 Å². The molecule has 0 bridgehead atoms. The zero-order valence-corrected chi connectivity index (χ0v) is 15.7. The third-order valence-electron chi connectivity index (χ3n) is 4.74. The molecule has 0 unspecified atom stereocenters. The van der Waals surface area contributed by atoms with Crippen molar-refractivity contribution in [3.8, 4) is 0 Å². The first-order chi connectivity index (χ1) is 12.4. The molecule has 1 aliphatic carbocycles. The minimum absolute atomic E-state index is 0.176. The maximum atomic E-state index is 12.5. The fourth-order valence-electron chi connectivity index (χ4n) is 3.28. The van der Waals surface area contributed by atoms with Crippen LogP contribution < -0.4 is 9.62 Å². The van der Waals surface area contributed by atoms with Crippen LogP contribution in [0.2, 0.25) is 5.02 Å². The normalized spacial score (nSPS) is 16.4. The molecular weight excluding hydrogens is 372 g/mol. The highest BCUT2D eigenvalue weighted by Gasteiger charge is 2.36. The number of rotatable bonds is 5. The van der Waals surface area contributed by atoms with E-state index in [1.165, 1.54) is 0 Å². The van der Waals surface area contributed by atoms with Crippen molar-refractivity contribution in [3.63, 3.8) is 0 Å². The maximum Gasteiger partial charge on any atom is 0.236 e. The number of carbonyl (C=O) groups excluding carboxylic acids is 1. The van der Waals surface area contributed by atoms with Crippen molar-refractivity contribution in [1.82, 2.24) is 0 Å². The summed E-state index contributed by atoms with van der Waals surface area (Å²) in [5, 5.41) is 0.432. The average molecular weight is 391 g/mol. The fraction of sp³-hybridized carbons (Fsp3) is 0.316. The summed E-state index contributed by atoms with van der Waals surface area (Å²) in [5.41, 5.74) is 2.97. The van der Waals surface area contributed by atoms with Gasteiger partial charge in [0.1, 0.15) is 0 Å². The summed E-state index contributed by atoms with van der Waals surface area (Å²) in [6.45, 7) is 0.667. The van der Waals surface area contributed by atoms with Crippen LogP contribution in [0.15, 0.2) is 42.5 Å². The molecule has 136 valence electrons. The van der Waals surface area contributed by atoms with E-state index in [9.17, 15) is 13.2 Å². The summed E-state index contributed by atoms with van der Waals surface area (Å²) in [6, 6.07) is 12.3. The first-order valence-electron chi connectivity index (χ1n) is 8.61. The molecule has 1 saturated carbocycles. The Morgan fingerprint density at radius 2 is 1.96 bits per heavy atom. The highest BCUT2D eigenvalue weighted by atomic mass is 35.5. The Kier molecular flexibility index (Phi) is 4.40. The Bertz CT molecular complexity index is 970. The SMILES string of the molecule is O=C(C1CC1)N1CCc2cc(NS(=O)(=O)Cc3ccccc3Cl)ccc21. The highest BCUT2D eigenvalue weighted by Crippen LogP contribution is 2.37. The van der Waals surface area contributed by atoms with E-state index in [2.05, 4.69) is 4.72 Å². The van der Waals surface area contributed by atoms with Gasteiger partial charge in [0.2, 0.25) is 15.9 Å². The minimum Gasteiger partial charge on any atom is -0.312 e. The molecule has 0 atom stereocenters. The molecule has 26 heavy (non-hydrogen) atoms. The molecule has 4 rings (SSSR count). The quantitative estimate of drug-likeness (QED) is 0.848. The van der Waals surface area contributed by atoms with Crippen LogP contribution in [0.4, 0.5) is 11.4 Å². The molecule has 1 amide bonds. The van der Waals surface area contributed by atoms with Crippen LogP contribution in [0.3, 0.4) is 0 Å².